The van der Waals surface area contributed by atoms with Crippen LogP contribution in [0.2, 0.25) is 0 Å². The van der Waals surface area contributed by atoms with Gasteiger partial charge in [0.05, 0.1) is 0 Å². The van der Waals surface area contributed by atoms with Crippen LogP contribution in [-0.4, -0.2) is 12.1 Å². The molecular formula is C13H16N2. The summed E-state index contributed by atoms with van der Waals surface area (Å²) in [4.78, 5) is 8.32. The van der Waals surface area contributed by atoms with E-state index in [4.69, 9.17) is 0 Å². The van der Waals surface area contributed by atoms with Crippen molar-refractivity contribution in [2.75, 3.05) is 0 Å². The Balaban J connectivity index is 3.02. The Labute approximate surface area is 91.1 Å². The molecule has 0 fully saturated rings. The third-order valence-electron chi connectivity index (χ3n) is 2.09. The van der Waals surface area contributed by atoms with Gasteiger partial charge in [-0.05, 0) is 18.9 Å². The van der Waals surface area contributed by atoms with Crippen molar-refractivity contribution < 1.29 is 0 Å². The molecule has 0 N–H and O–H groups in total. The first-order valence-electron chi connectivity index (χ1n) is 5.08. The summed E-state index contributed by atoms with van der Waals surface area (Å²) in [7, 11) is 0. The summed E-state index contributed by atoms with van der Waals surface area (Å²) in [5.41, 5.74) is 2.34. The van der Waals surface area contributed by atoms with Crippen molar-refractivity contribution in [1.29, 1.82) is 0 Å². The van der Waals surface area contributed by atoms with E-state index in [0.29, 0.717) is 5.84 Å². The minimum Gasteiger partial charge on any atom is -0.241 e. The van der Waals surface area contributed by atoms with Crippen molar-refractivity contribution in [3.8, 4) is 0 Å². The lowest BCUT2D eigenvalue weighted by Gasteiger charge is -2.01. The van der Waals surface area contributed by atoms with Crippen LogP contribution in [0.3, 0.4) is 0 Å². The fourth-order valence-electron chi connectivity index (χ4n) is 1.28. The van der Waals surface area contributed by atoms with Gasteiger partial charge in [0.15, 0.2) is 5.84 Å². The maximum Gasteiger partial charge on any atom is 0.158 e. The highest BCUT2D eigenvalue weighted by Crippen LogP contribution is 2.07. The number of aliphatic imine (C=N–C) groups is 2. The molecule has 0 amide bonds. The van der Waals surface area contributed by atoms with Crippen LogP contribution in [-0.2, 0) is 6.42 Å². The van der Waals surface area contributed by atoms with E-state index in [9.17, 15) is 0 Å². The molecule has 0 saturated carbocycles. The van der Waals surface area contributed by atoms with Crippen LogP contribution in [0.4, 0.5) is 0 Å². The van der Waals surface area contributed by atoms with Crippen LogP contribution in [0, 0.1) is 0 Å². The van der Waals surface area contributed by atoms with Gasteiger partial charge >= 0.3 is 0 Å². The maximum atomic E-state index is 4.19. The first-order valence-corrected chi connectivity index (χ1v) is 5.08. The van der Waals surface area contributed by atoms with E-state index in [1.54, 1.807) is 6.21 Å². The lowest BCUT2D eigenvalue weighted by molar-refractivity contribution is 1.14. The summed E-state index contributed by atoms with van der Waals surface area (Å²) in [6, 6.07) is 8.26. The Hall–Kier alpha value is -1.70. The van der Waals surface area contributed by atoms with E-state index in [1.165, 1.54) is 11.8 Å². The number of aryl methyl sites for hydroxylation is 1. The van der Waals surface area contributed by atoms with E-state index in [2.05, 4.69) is 35.6 Å². The fraction of sp³-hybridized carbons (Fsp3) is 0.231. The van der Waals surface area contributed by atoms with Gasteiger partial charge in [-0.2, -0.15) is 0 Å². The topological polar surface area (TPSA) is 24.7 Å². The zero-order chi connectivity index (χ0) is 11.1. The van der Waals surface area contributed by atoms with E-state index in [0.717, 1.165) is 12.0 Å². The normalized spacial score (nSPS) is 12.0. The molecule has 0 saturated heterocycles. The first-order chi connectivity index (χ1) is 7.31. The highest BCUT2D eigenvalue weighted by molar-refractivity contribution is 6.03. The molecule has 0 spiro atoms. The van der Waals surface area contributed by atoms with Crippen molar-refractivity contribution in [3.05, 3.63) is 48.2 Å². The quantitative estimate of drug-likeness (QED) is 0.528. The molecule has 0 aliphatic carbocycles. The largest absolute Gasteiger partial charge is 0.241 e. The summed E-state index contributed by atoms with van der Waals surface area (Å²) in [6.07, 6.45) is 4.29. The zero-order valence-electron chi connectivity index (χ0n) is 9.27. The van der Waals surface area contributed by atoms with Gasteiger partial charge in [-0.1, -0.05) is 37.8 Å². The molecule has 0 heterocycles. The molecule has 78 valence electrons. The lowest BCUT2D eigenvalue weighted by atomic mass is 10.1. The third-order valence-corrected chi connectivity index (χ3v) is 2.09. The van der Waals surface area contributed by atoms with E-state index in [1.807, 2.05) is 19.1 Å². The van der Waals surface area contributed by atoms with Gasteiger partial charge in [0, 0.05) is 18.0 Å². The van der Waals surface area contributed by atoms with Gasteiger partial charge in [-0.25, -0.2) is 9.98 Å². The standard InChI is InChI=1S/C13H16N2/c1-4-11-7-9-12(10-8-11)13(14-5-2)15-6-3/h5-10H,2,4H2,1,3H3. The van der Waals surface area contributed by atoms with Crippen LogP contribution >= 0.6 is 0 Å². The van der Waals surface area contributed by atoms with Crippen LogP contribution in [0.25, 0.3) is 0 Å². The molecule has 0 aliphatic rings. The van der Waals surface area contributed by atoms with Crippen molar-refractivity contribution in [2.45, 2.75) is 20.3 Å². The summed E-state index contributed by atoms with van der Waals surface area (Å²) in [6.45, 7) is 7.59. The van der Waals surface area contributed by atoms with Crippen LogP contribution in [0.15, 0.2) is 47.0 Å². The van der Waals surface area contributed by atoms with E-state index >= 15 is 0 Å². The van der Waals surface area contributed by atoms with E-state index in [-0.39, 0.29) is 0 Å². The molecule has 0 aliphatic heterocycles. The predicted molar refractivity (Wildman–Crippen MR) is 66.7 cm³/mol. The summed E-state index contributed by atoms with van der Waals surface area (Å²) >= 11 is 0. The SMILES string of the molecule is C=CN=C(N=CC)c1ccc(CC)cc1. The molecule has 0 unspecified atom stereocenters. The molecular weight excluding hydrogens is 184 g/mol. The first kappa shape index (κ1) is 11.4. The fourth-order valence-corrected chi connectivity index (χ4v) is 1.28. The Morgan fingerprint density at radius 1 is 1.33 bits per heavy atom. The third kappa shape index (κ3) is 3.17. The predicted octanol–water partition coefficient (Wildman–Crippen LogP) is 3.23. The lowest BCUT2D eigenvalue weighted by Crippen LogP contribution is -1.96. The summed E-state index contributed by atoms with van der Waals surface area (Å²) in [5, 5.41) is 0. The molecule has 0 aromatic heterocycles. The molecule has 0 radical (unpaired) electrons. The molecule has 2 nitrogen and oxygen atoms in total. The van der Waals surface area contributed by atoms with Gasteiger partial charge < -0.3 is 0 Å². The van der Waals surface area contributed by atoms with Gasteiger partial charge in [0.25, 0.3) is 0 Å². The Bertz CT molecular complexity index is 372. The summed E-state index contributed by atoms with van der Waals surface area (Å²) < 4.78 is 0. The second-order valence-corrected chi connectivity index (χ2v) is 3.07. The molecule has 1 rings (SSSR count). The van der Waals surface area contributed by atoms with Gasteiger partial charge in [0.2, 0.25) is 0 Å². The van der Waals surface area contributed by atoms with Gasteiger partial charge in [0.1, 0.15) is 0 Å². The molecule has 1 aromatic rings. The minimum atomic E-state index is 0.704. The van der Waals surface area contributed by atoms with Crippen LogP contribution in [0.1, 0.15) is 25.0 Å². The van der Waals surface area contributed by atoms with Gasteiger partial charge in [-0.15, -0.1) is 0 Å². The van der Waals surface area contributed by atoms with Crippen molar-refractivity contribution in [2.24, 2.45) is 9.98 Å². The second-order valence-electron chi connectivity index (χ2n) is 3.07. The van der Waals surface area contributed by atoms with Crippen molar-refractivity contribution >= 4 is 12.1 Å². The minimum absolute atomic E-state index is 0.704. The monoisotopic (exact) mass is 200 g/mol. The highest BCUT2D eigenvalue weighted by Gasteiger charge is 1.99. The average Bonchev–Trinajstić information content (AvgIpc) is 2.29. The highest BCUT2D eigenvalue weighted by atomic mass is 14.9. The molecule has 2 heteroatoms. The molecule has 0 atom stereocenters. The zero-order valence-corrected chi connectivity index (χ0v) is 9.27. The van der Waals surface area contributed by atoms with E-state index < -0.39 is 0 Å². The smallest absolute Gasteiger partial charge is 0.158 e. The van der Waals surface area contributed by atoms with Crippen LogP contribution < -0.4 is 0 Å². The van der Waals surface area contributed by atoms with Crippen molar-refractivity contribution in [3.63, 3.8) is 0 Å². The van der Waals surface area contributed by atoms with Gasteiger partial charge in [-0.3, -0.25) is 0 Å². The number of hydrogen-bond donors (Lipinski definition) is 0. The Morgan fingerprint density at radius 3 is 2.47 bits per heavy atom. The molecule has 0 bridgehead atoms. The number of hydrogen-bond acceptors (Lipinski definition) is 1. The number of benzene rings is 1. The molecule has 1 aromatic carbocycles. The second kappa shape index (κ2) is 5.91. The average molecular weight is 200 g/mol. The van der Waals surface area contributed by atoms with Crippen molar-refractivity contribution in [1.82, 2.24) is 0 Å². The van der Waals surface area contributed by atoms with Crippen LogP contribution in [0.5, 0.6) is 0 Å². The number of rotatable bonds is 3. The Kier molecular flexibility index (Phi) is 4.48. The molecule has 15 heavy (non-hydrogen) atoms. The number of nitrogens with zero attached hydrogens (tertiary/aromatic N) is 2. The number of amidine groups is 1. The summed E-state index contributed by atoms with van der Waals surface area (Å²) in [5.74, 6) is 0.704. The Morgan fingerprint density at radius 2 is 2.00 bits per heavy atom. The maximum absolute atomic E-state index is 4.19.